The Hall–Kier alpha value is -2.28. The Labute approximate surface area is 112 Å². The van der Waals surface area contributed by atoms with Gasteiger partial charge >= 0.3 is 0 Å². The molecule has 3 aromatic rings. The summed E-state index contributed by atoms with van der Waals surface area (Å²) >= 11 is 5.90. The van der Waals surface area contributed by atoms with Crippen LogP contribution in [0.5, 0.6) is 5.88 Å². The number of pyridine rings is 1. The molecule has 0 bridgehead atoms. The van der Waals surface area contributed by atoms with Crippen LogP contribution in [0, 0.1) is 6.92 Å². The van der Waals surface area contributed by atoms with E-state index in [0.717, 1.165) is 0 Å². The molecule has 0 saturated carbocycles. The van der Waals surface area contributed by atoms with Gasteiger partial charge in [-0.15, -0.1) is 0 Å². The van der Waals surface area contributed by atoms with E-state index >= 15 is 0 Å². The number of hydrogen-bond acceptors (Lipinski definition) is 7. The quantitative estimate of drug-likeness (QED) is 0.676. The minimum atomic E-state index is 0.163. The number of aromatic nitrogens is 5. The van der Waals surface area contributed by atoms with Crippen LogP contribution in [0.3, 0.4) is 0 Å². The Morgan fingerprint density at radius 1 is 1.32 bits per heavy atom. The van der Waals surface area contributed by atoms with Crippen LogP contribution in [0.4, 0.5) is 0 Å². The van der Waals surface area contributed by atoms with Crippen LogP contribution in [0.1, 0.15) is 11.7 Å². The highest BCUT2D eigenvalue weighted by molar-refractivity contribution is 6.33. The van der Waals surface area contributed by atoms with Gasteiger partial charge in [-0.25, -0.2) is 15.0 Å². The SMILES string of the molecule is Cc1nc(COc2cnc3c(Cl)nccc3n2)no1. The fraction of sp³-hybridized carbons (Fsp3) is 0.182. The van der Waals surface area contributed by atoms with Crippen LogP contribution in [-0.4, -0.2) is 25.1 Å². The Bertz CT molecular complexity index is 730. The number of halogens is 1. The predicted octanol–water partition coefficient (Wildman–Crippen LogP) is 1.95. The normalized spacial score (nSPS) is 10.8. The first-order chi connectivity index (χ1) is 9.22. The topological polar surface area (TPSA) is 86.8 Å². The van der Waals surface area contributed by atoms with Crippen LogP contribution >= 0.6 is 11.6 Å². The van der Waals surface area contributed by atoms with E-state index in [1.807, 2.05) is 0 Å². The summed E-state index contributed by atoms with van der Waals surface area (Å²) in [7, 11) is 0. The number of ether oxygens (including phenoxy) is 1. The van der Waals surface area contributed by atoms with E-state index in [-0.39, 0.29) is 6.61 Å². The monoisotopic (exact) mass is 277 g/mol. The van der Waals surface area contributed by atoms with E-state index < -0.39 is 0 Å². The number of hydrogen-bond donors (Lipinski definition) is 0. The van der Waals surface area contributed by atoms with Gasteiger partial charge in [-0.2, -0.15) is 4.98 Å². The summed E-state index contributed by atoms with van der Waals surface area (Å²) < 4.78 is 10.3. The molecule has 0 amide bonds. The standard InChI is InChI=1S/C11H8ClN5O2/c1-6-15-8(17-19-6)5-18-9-4-14-10-7(16-9)2-3-13-11(10)12/h2-4H,5H2,1H3. The molecule has 3 aromatic heterocycles. The second kappa shape index (κ2) is 4.77. The molecule has 0 spiro atoms. The van der Waals surface area contributed by atoms with Crippen molar-refractivity contribution in [2.24, 2.45) is 0 Å². The van der Waals surface area contributed by atoms with Crippen molar-refractivity contribution >= 4 is 22.6 Å². The van der Waals surface area contributed by atoms with Crippen molar-refractivity contribution < 1.29 is 9.26 Å². The third-order valence-electron chi connectivity index (χ3n) is 2.31. The third-order valence-corrected chi connectivity index (χ3v) is 2.59. The lowest BCUT2D eigenvalue weighted by Crippen LogP contribution is -2.00. The molecule has 3 heterocycles. The van der Waals surface area contributed by atoms with Gasteiger partial charge in [0.25, 0.3) is 0 Å². The Morgan fingerprint density at radius 3 is 3.00 bits per heavy atom. The minimum Gasteiger partial charge on any atom is -0.468 e. The van der Waals surface area contributed by atoms with Gasteiger partial charge in [0.2, 0.25) is 17.6 Å². The summed E-state index contributed by atoms with van der Waals surface area (Å²) in [5.74, 6) is 1.30. The zero-order chi connectivity index (χ0) is 13.2. The van der Waals surface area contributed by atoms with Gasteiger partial charge in [-0.1, -0.05) is 16.8 Å². The lowest BCUT2D eigenvalue weighted by Gasteiger charge is -2.03. The second-order valence-electron chi connectivity index (χ2n) is 3.70. The minimum absolute atomic E-state index is 0.163. The third kappa shape index (κ3) is 2.45. The van der Waals surface area contributed by atoms with Crippen LogP contribution in [0.2, 0.25) is 5.15 Å². The van der Waals surface area contributed by atoms with E-state index in [1.165, 1.54) is 6.20 Å². The molecule has 7 nitrogen and oxygen atoms in total. The zero-order valence-corrected chi connectivity index (χ0v) is 10.6. The van der Waals surface area contributed by atoms with Gasteiger partial charge in [0, 0.05) is 13.1 Å². The van der Waals surface area contributed by atoms with Gasteiger partial charge < -0.3 is 9.26 Å². The van der Waals surface area contributed by atoms with E-state index in [2.05, 4.69) is 25.1 Å². The first-order valence-electron chi connectivity index (χ1n) is 5.41. The number of fused-ring (bicyclic) bond motifs is 1. The molecule has 0 N–H and O–H groups in total. The van der Waals surface area contributed by atoms with Gasteiger partial charge in [0.1, 0.15) is 5.52 Å². The number of rotatable bonds is 3. The maximum absolute atomic E-state index is 5.90. The van der Waals surface area contributed by atoms with Crippen molar-refractivity contribution in [3.8, 4) is 5.88 Å². The summed E-state index contributed by atoms with van der Waals surface area (Å²) in [5, 5.41) is 4.03. The molecule has 96 valence electrons. The summed E-state index contributed by atoms with van der Waals surface area (Å²) in [4.78, 5) is 16.4. The Balaban J connectivity index is 1.82. The molecule has 0 fully saturated rings. The van der Waals surface area contributed by atoms with Crippen molar-refractivity contribution in [3.05, 3.63) is 35.3 Å². The molecule has 8 heteroatoms. The Kier molecular flexibility index (Phi) is 2.96. The molecule has 0 radical (unpaired) electrons. The van der Waals surface area contributed by atoms with Crippen molar-refractivity contribution in [2.75, 3.05) is 0 Å². The molecule has 0 aromatic carbocycles. The predicted molar refractivity (Wildman–Crippen MR) is 65.7 cm³/mol. The summed E-state index contributed by atoms with van der Waals surface area (Å²) in [6.07, 6.45) is 3.04. The molecule has 0 atom stereocenters. The fourth-order valence-corrected chi connectivity index (χ4v) is 1.71. The lowest BCUT2D eigenvalue weighted by atomic mass is 10.4. The lowest BCUT2D eigenvalue weighted by molar-refractivity contribution is 0.275. The van der Waals surface area contributed by atoms with Gasteiger partial charge in [-0.3, -0.25) is 0 Å². The van der Waals surface area contributed by atoms with E-state index in [0.29, 0.717) is 33.8 Å². The summed E-state index contributed by atoms with van der Waals surface area (Å²) in [6, 6.07) is 1.71. The highest BCUT2D eigenvalue weighted by Gasteiger charge is 2.07. The molecule has 3 rings (SSSR count). The van der Waals surface area contributed by atoms with E-state index in [4.69, 9.17) is 20.9 Å². The number of nitrogens with zero attached hydrogens (tertiary/aromatic N) is 5. The molecular weight excluding hydrogens is 270 g/mol. The van der Waals surface area contributed by atoms with Gasteiger partial charge in [0.15, 0.2) is 11.8 Å². The first-order valence-corrected chi connectivity index (χ1v) is 5.79. The molecular formula is C11H8ClN5O2. The largest absolute Gasteiger partial charge is 0.468 e. The van der Waals surface area contributed by atoms with E-state index in [9.17, 15) is 0 Å². The van der Waals surface area contributed by atoms with Gasteiger partial charge in [-0.05, 0) is 6.07 Å². The molecule has 0 saturated heterocycles. The fourth-order valence-electron chi connectivity index (χ4n) is 1.50. The van der Waals surface area contributed by atoms with Gasteiger partial charge in [0.05, 0.1) is 11.7 Å². The number of aryl methyl sites for hydroxylation is 1. The maximum Gasteiger partial charge on any atom is 0.233 e. The highest BCUT2D eigenvalue weighted by atomic mass is 35.5. The molecule has 0 aliphatic carbocycles. The summed E-state index contributed by atoms with van der Waals surface area (Å²) in [6.45, 7) is 1.87. The average Bonchev–Trinajstić information content (AvgIpc) is 2.82. The van der Waals surface area contributed by atoms with Crippen molar-refractivity contribution in [3.63, 3.8) is 0 Å². The first kappa shape index (κ1) is 11.8. The summed E-state index contributed by atoms with van der Waals surface area (Å²) in [5.41, 5.74) is 1.15. The highest BCUT2D eigenvalue weighted by Crippen LogP contribution is 2.19. The zero-order valence-electron chi connectivity index (χ0n) is 9.87. The van der Waals surface area contributed by atoms with Crippen LogP contribution in [0.25, 0.3) is 11.0 Å². The van der Waals surface area contributed by atoms with Crippen molar-refractivity contribution in [2.45, 2.75) is 13.5 Å². The molecule has 19 heavy (non-hydrogen) atoms. The molecule has 0 aliphatic rings. The van der Waals surface area contributed by atoms with E-state index in [1.54, 1.807) is 19.2 Å². The second-order valence-corrected chi connectivity index (χ2v) is 4.05. The van der Waals surface area contributed by atoms with Crippen LogP contribution in [0.15, 0.2) is 23.0 Å². The molecule has 0 aliphatic heterocycles. The van der Waals surface area contributed by atoms with Crippen molar-refractivity contribution in [1.82, 2.24) is 25.1 Å². The van der Waals surface area contributed by atoms with Crippen molar-refractivity contribution in [1.29, 1.82) is 0 Å². The van der Waals surface area contributed by atoms with Crippen LogP contribution < -0.4 is 4.74 Å². The maximum atomic E-state index is 5.90. The Morgan fingerprint density at radius 2 is 2.21 bits per heavy atom. The molecule has 0 unspecified atom stereocenters. The average molecular weight is 278 g/mol. The van der Waals surface area contributed by atoms with Crippen LogP contribution in [-0.2, 0) is 6.61 Å². The smallest absolute Gasteiger partial charge is 0.233 e.